The second kappa shape index (κ2) is 10.2. The molecule has 124 valence electrons. The van der Waals surface area contributed by atoms with E-state index in [1.54, 1.807) is 0 Å². The topological polar surface area (TPSA) is 50.4 Å². The minimum atomic E-state index is -2.24. The van der Waals surface area contributed by atoms with Gasteiger partial charge in [-0.15, -0.1) is 0 Å². The standard InChI is InChI=1S/C8H16F2N2.C8H8O2/c1-8(12-6-7(9)10)2-4-11-5-3-8;9-7-10-6-8-4-2-1-3-5-8/h7,11-12H,2-6H2,1H3;1-5,7H,6H2. The molecule has 4 nitrogen and oxygen atoms in total. The molecule has 0 aliphatic carbocycles. The van der Waals surface area contributed by atoms with E-state index in [4.69, 9.17) is 0 Å². The molecule has 22 heavy (non-hydrogen) atoms. The van der Waals surface area contributed by atoms with Gasteiger partial charge in [0.15, 0.2) is 0 Å². The third-order valence-electron chi connectivity index (χ3n) is 3.55. The second-order valence-electron chi connectivity index (χ2n) is 5.48. The predicted molar refractivity (Wildman–Crippen MR) is 81.8 cm³/mol. The molecular formula is C16H24F2N2O2. The molecule has 1 aliphatic rings. The number of carbonyl (C=O) groups is 1. The molecule has 0 amide bonds. The van der Waals surface area contributed by atoms with Crippen molar-refractivity contribution in [2.45, 2.75) is 38.3 Å². The Morgan fingerprint density at radius 3 is 2.50 bits per heavy atom. The molecule has 1 aliphatic heterocycles. The highest BCUT2D eigenvalue weighted by atomic mass is 19.3. The van der Waals surface area contributed by atoms with Gasteiger partial charge in [0.1, 0.15) is 6.61 Å². The summed E-state index contributed by atoms with van der Waals surface area (Å²) >= 11 is 0. The Labute approximate surface area is 130 Å². The fourth-order valence-electron chi connectivity index (χ4n) is 2.18. The zero-order chi connectivity index (χ0) is 16.3. The highest BCUT2D eigenvalue weighted by Crippen LogP contribution is 2.16. The molecule has 0 aromatic heterocycles. The van der Waals surface area contributed by atoms with Crippen LogP contribution < -0.4 is 10.6 Å². The molecule has 0 radical (unpaired) electrons. The van der Waals surface area contributed by atoms with E-state index in [-0.39, 0.29) is 12.1 Å². The molecule has 1 aromatic carbocycles. The van der Waals surface area contributed by atoms with Gasteiger partial charge in [0, 0.05) is 5.54 Å². The van der Waals surface area contributed by atoms with Crippen LogP contribution in [0.3, 0.4) is 0 Å². The normalized spacial score (nSPS) is 16.5. The van der Waals surface area contributed by atoms with Crippen LogP contribution in [0.1, 0.15) is 25.3 Å². The molecule has 2 rings (SSSR count). The van der Waals surface area contributed by atoms with Crippen LogP contribution in [0.5, 0.6) is 0 Å². The van der Waals surface area contributed by atoms with Crippen molar-refractivity contribution in [3.63, 3.8) is 0 Å². The van der Waals surface area contributed by atoms with Crippen LogP contribution in [0.4, 0.5) is 8.78 Å². The summed E-state index contributed by atoms with van der Waals surface area (Å²) in [5.74, 6) is 0. The van der Waals surface area contributed by atoms with Crippen molar-refractivity contribution in [2.24, 2.45) is 0 Å². The van der Waals surface area contributed by atoms with E-state index in [1.807, 2.05) is 37.3 Å². The van der Waals surface area contributed by atoms with Crippen molar-refractivity contribution in [2.75, 3.05) is 19.6 Å². The van der Waals surface area contributed by atoms with Crippen LogP contribution in [0.25, 0.3) is 0 Å². The van der Waals surface area contributed by atoms with Gasteiger partial charge in [-0.2, -0.15) is 0 Å². The van der Waals surface area contributed by atoms with Gasteiger partial charge in [0.2, 0.25) is 0 Å². The average Bonchev–Trinajstić information content (AvgIpc) is 2.53. The molecular weight excluding hydrogens is 290 g/mol. The fraction of sp³-hybridized carbons (Fsp3) is 0.562. The number of benzene rings is 1. The van der Waals surface area contributed by atoms with Gasteiger partial charge in [-0.1, -0.05) is 30.3 Å². The van der Waals surface area contributed by atoms with E-state index in [2.05, 4.69) is 15.4 Å². The Kier molecular flexibility index (Phi) is 8.62. The van der Waals surface area contributed by atoms with Crippen molar-refractivity contribution in [1.82, 2.24) is 10.6 Å². The Morgan fingerprint density at radius 1 is 1.32 bits per heavy atom. The monoisotopic (exact) mass is 314 g/mol. The fourth-order valence-corrected chi connectivity index (χ4v) is 2.18. The molecule has 1 fully saturated rings. The van der Waals surface area contributed by atoms with E-state index in [1.165, 1.54) is 0 Å². The van der Waals surface area contributed by atoms with Crippen LogP contribution in [0, 0.1) is 0 Å². The maximum atomic E-state index is 11.9. The van der Waals surface area contributed by atoms with Crippen molar-refractivity contribution in [3.05, 3.63) is 35.9 Å². The zero-order valence-corrected chi connectivity index (χ0v) is 12.9. The van der Waals surface area contributed by atoms with Crippen molar-refractivity contribution >= 4 is 6.47 Å². The number of piperidine rings is 1. The summed E-state index contributed by atoms with van der Waals surface area (Å²) in [6, 6.07) is 9.55. The van der Waals surface area contributed by atoms with E-state index >= 15 is 0 Å². The number of alkyl halides is 2. The smallest absolute Gasteiger partial charge is 0.293 e. The largest absolute Gasteiger partial charge is 0.463 e. The summed E-state index contributed by atoms with van der Waals surface area (Å²) in [5.41, 5.74) is 0.927. The maximum Gasteiger partial charge on any atom is 0.293 e. The molecule has 0 atom stereocenters. The Bertz CT molecular complexity index is 410. The summed E-state index contributed by atoms with van der Waals surface area (Å²) in [6.07, 6.45) is -0.379. The first-order chi connectivity index (χ1) is 10.6. The lowest BCUT2D eigenvalue weighted by Gasteiger charge is -2.35. The maximum absolute atomic E-state index is 11.9. The van der Waals surface area contributed by atoms with Crippen LogP contribution in [0.15, 0.2) is 30.3 Å². The molecule has 6 heteroatoms. The summed E-state index contributed by atoms with van der Waals surface area (Å²) < 4.78 is 28.3. The lowest BCUT2D eigenvalue weighted by Crippen LogP contribution is -2.51. The Balaban J connectivity index is 0.000000224. The Morgan fingerprint density at radius 2 is 1.95 bits per heavy atom. The molecule has 0 saturated carbocycles. The van der Waals surface area contributed by atoms with E-state index in [0.29, 0.717) is 13.1 Å². The molecule has 1 saturated heterocycles. The number of halogens is 2. The molecule has 0 spiro atoms. The number of hydrogen-bond donors (Lipinski definition) is 2. The summed E-state index contributed by atoms with van der Waals surface area (Å²) in [6.45, 7) is 4.49. The summed E-state index contributed by atoms with van der Waals surface area (Å²) in [5, 5.41) is 6.11. The second-order valence-corrected chi connectivity index (χ2v) is 5.48. The van der Waals surface area contributed by atoms with Gasteiger partial charge in [0.05, 0.1) is 6.54 Å². The average molecular weight is 314 g/mol. The van der Waals surface area contributed by atoms with Crippen molar-refractivity contribution < 1.29 is 18.3 Å². The zero-order valence-electron chi connectivity index (χ0n) is 12.9. The van der Waals surface area contributed by atoms with Gasteiger partial charge < -0.3 is 15.4 Å². The molecule has 0 unspecified atom stereocenters. The minimum absolute atomic E-state index is 0.0817. The van der Waals surface area contributed by atoms with Crippen molar-refractivity contribution in [3.8, 4) is 0 Å². The van der Waals surface area contributed by atoms with E-state index in [9.17, 15) is 13.6 Å². The summed E-state index contributed by atoms with van der Waals surface area (Å²) in [7, 11) is 0. The predicted octanol–water partition coefficient (Wildman–Crippen LogP) is 2.34. The van der Waals surface area contributed by atoms with E-state index in [0.717, 1.165) is 31.5 Å². The SMILES string of the molecule is CC1(NCC(F)F)CCNCC1.O=COCc1ccccc1. The number of ether oxygens (including phenoxy) is 1. The number of hydrogen-bond acceptors (Lipinski definition) is 4. The van der Waals surface area contributed by atoms with Gasteiger partial charge in [-0.25, -0.2) is 8.78 Å². The highest BCUT2D eigenvalue weighted by molar-refractivity contribution is 5.37. The minimum Gasteiger partial charge on any atom is -0.463 e. The van der Waals surface area contributed by atoms with Gasteiger partial charge in [-0.05, 0) is 38.4 Å². The Hall–Kier alpha value is -1.53. The lowest BCUT2D eigenvalue weighted by atomic mass is 9.91. The van der Waals surface area contributed by atoms with E-state index < -0.39 is 6.43 Å². The third-order valence-corrected chi connectivity index (χ3v) is 3.55. The van der Waals surface area contributed by atoms with Gasteiger partial charge >= 0.3 is 0 Å². The first-order valence-electron chi connectivity index (χ1n) is 7.39. The number of nitrogens with one attached hydrogen (secondary N) is 2. The van der Waals surface area contributed by atoms with Gasteiger partial charge in [0.25, 0.3) is 12.9 Å². The van der Waals surface area contributed by atoms with Crippen molar-refractivity contribution in [1.29, 1.82) is 0 Å². The third kappa shape index (κ3) is 8.05. The van der Waals surface area contributed by atoms with Crippen LogP contribution in [0.2, 0.25) is 0 Å². The summed E-state index contributed by atoms with van der Waals surface area (Å²) in [4.78, 5) is 9.76. The van der Waals surface area contributed by atoms with Gasteiger partial charge in [-0.3, -0.25) is 4.79 Å². The molecule has 1 heterocycles. The van der Waals surface area contributed by atoms with Crippen LogP contribution >= 0.6 is 0 Å². The quantitative estimate of drug-likeness (QED) is 0.792. The molecule has 2 N–H and O–H groups in total. The van der Waals surface area contributed by atoms with Crippen LogP contribution in [-0.4, -0.2) is 38.1 Å². The first kappa shape index (κ1) is 18.5. The number of rotatable bonds is 6. The number of carbonyl (C=O) groups excluding carboxylic acids is 1. The first-order valence-corrected chi connectivity index (χ1v) is 7.39. The molecule has 0 bridgehead atoms. The lowest BCUT2D eigenvalue weighted by molar-refractivity contribution is -0.129. The highest BCUT2D eigenvalue weighted by Gasteiger charge is 2.26. The molecule has 1 aromatic rings. The van der Waals surface area contributed by atoms with Crippen LogP contribution in [-0.2, 0) is 16.1 Å².